The molecule has 3 aromatic rings. The van der Waals surface area contributed by atoms with Crippen molar-refractivity contribution in [2.24, 2.45) is 0 Å². The van der Waals surface area contributed by atoms with E-state index in [1.165, 1.54) is 18.4 Å². The standard InChI is InChI=1S/C23H24N2O3S/c1-3-25-12-11-18-19(14-25)29-22(21(18)23(27)28-2)24-20(26)13-16-9-6-8-15-7-4-5-10-17(15)16/h4-10H,3,11-14H2,1-2H3,(H,24,26). The first-order valence-corrected chi connectivity index (χ1v) is 10.6. The van der Waals surface area contributed by atoms with Crippen LogP contribution in [0.4, 0.5) is 5.00 Å². The molecule has 0 atom stereocenters. The van der Waals surface area contributed by atoms with E-state index in [4.69, 9.17) is 4.74 Å². The molecule has 150 valence electrons. The van der Waals surface area contributed by atoms with Crippen molar-refractivity contribution in [1.29, 1.82) is 0 Å². The molecule has 0 radical (unpaired) electrons. The monoisotopic (exact) mass is 408 g/mol. The first-order chi connectivity index (χ1) is 14.1. The van der Waals surface area contributed by atoms with Crippen LogP contribution in [0.5, 0.6) is 0 Å². The molecule has 0 aliphatic carbocycles. The Labute approximate surface area is 174 Å². The highest BCUT2D eigenvalue weighted by atomic mass is 32.1. The van der Waals surface area contributed by atoms with Crippen LogP contribution in [0.3, 0.4) is 0 Å². The molecule has 0 bridgehead atoms. The van der Waals surface area contributed by atoms with Crippen LogP contribution < -0.4 is 5.32 Å². The van der Waals surface area contributed by atoms with E-state index >= 15 is 0 Å². The summed E-state index contributed by atoms with van der Waals surface area (Å²) >= 11 is 1.49. The van der Waals surface area contributed by atoms with Gasteiger partial charge in [-0.05, 0) is 34.9 Å². The predicted molar refractivity (Wildman–Crippen MR) is 117 cm³/mol. The number of amides is 1. The van der Waals surface area contributed by atoms with Crippen molar-refractivity contribution in [3.05, 3.63) is 64.0 Å². The van der Waals surface area contributed by atoms with Crippen LogP contribution in [0.1, 0.15) is 33.3 Å². The van der Waals surface area contributed by atoms with Gasteiger partial charge in [-0.15, -0.1) is 11.3 Å². The number of anilines is 1. The van der Waals surface area contributed by atoms with E-state index in [1.54, 1.807) is 0 Å². The predicted octanol–water partition coefficient (Wildman–Crippen LogP) is 4.25. The van der Waals surface area contributed by atoms with E-state index < -0.39 is 0 Å². The fourth-order valence-corrected chi connectivity index (χ4v) is 5.22. The van der Waals surface area contributed by atoms with Crippen LogP contribution in [0.25, 0.3) is 10.8 Å². The first kappa shape index (κ1) is 19.6. The number of thiophene rings is 1. The Balaban J connectivity index is 1.61. The zero-order chi connectivity index (χ0) is 20.4. The van der Waals surface area contributed by atoms with Crippen molar-refractivity contribution in [2.75, 3.05) is 25.5 Å². The van der Waals surface area contributed by atoms with Gasteiger partial charge in [0, 0.05) is 18.0 Å². The Morgan fingerprint density at radius 1 is 1.17 bits per heavy atom. The number of hydrogen-bond acceptors (Lipinski definition) is 5. The lowest BCUT2D eigenvalue weighted by molar-refractivity contribution is -0.115. The first-order valence-electron chi connectivity index (χ1n) is 9.82. The van der Waals surface area contributed by atoms with Gasteiger partial charge in [0.25, 0.3) is 0 Å². The van der Waals surface area contributed by atoms with E-state index in [2.05, 4.69) is 17.1 Å². The number of nitrogens with one attached hydrogen (secondary N) is 1. The largest absolute Gasteiger partial charge is 0.465 e. The highest BCUT2D eigenvalue weighted by Gasteiger charge is 2.28. The second-order valence-electron chi connectivity index (χ2n) is 7.18. The summed E-state index contributed by atoms with van der Waals surface area (Å²) in [6, 6.07) is 14.0. The zero-order valence-electron chi connectivity index (χ0n) is 16.7. The van der Waals surface area contributed by atoms with Crippen molar-refractivity contribution in [2.45, 2.75) is 26.3 Å². The van der Waals surface area contributed by atoms with Crippen LogP contribution in [0.15, 0.2) is 42.5 Å². The van der Waals surface area contributed by atoms with Gasteiger partial charge >= 0.3 is 5.97 Å². The molecule has 29 heavy (non-hydrogen) atoms. The average molecular weight is 409 g/mol. The summed E-state index contributed by atoms with van der Waals surface area (Å²) in [4.78, 5) is 28.8. The van der Waals surface area contributed by atoms with Crippen molar-refractivity contribution in [3.63, 3.8) is 0 Å². The lowest BCUT2D eigenvalue weighted by Crippen LogP contribution is -2.30. The lowest BCUT2D eigenvalue weighted by Gasteiger charge is -2.25. The summed E-state index contributed by atoms with van der Waals surface area (Å²) in [5.74, 6) is -0.509. The van der Waals surface area contributed by atoms with E-state index in [1.807, 2.05) is 42.5 Å². The number of carbonyl (C=O) groups excluding carboxylic acids is 2. The Kier molecular flexibility index (Phi) is 5.65. The molecule has 0 saturated heterocycles. The molecule has 0 unspecified atom stereocenters. The van der Waals surface area contributed by atoms with Gasteiger partial charge in [0.2, 0.25) is 5.91 Å². The average Bonchev–Trinajstić information content (AvgIpc) is 3.10. The number of likely N-dealkylation sites (N-methyl/N-ethyl adjacent to an activating group) is 1. The zero-order valence-corrected chi connectivity index (χ0v) is 17.5. The van der Waals surface area contributed by atoms with E-state index in [-0.39, 0.29) is 18.3 Å². The van der Waals surface area contributed by atoms with Gasteiger partial charge in [0.05, 0.1) is 19.1 Å². The van der Waals surface area contributed by atoms with Gasteiger partial charge in [0.1, 0.15) is 5.00 Å². The normalized spacial score (nSPS) is 13.9. The fraction of sp³-hybridized carbons (Fsp3) is 0.304. The minimum absolute atomic E-state index is 0.127. The summed E-state index contributed by atoms with van der Waals surface area (Å²) in [6.45, 7) is 4.81. The molecule has 1 aliphatic rings. The maximum atomic E-state index is 12.9. The molecule has 1 aliphatic heterocycles. The molecule has 5 nitrogen and oxygen atoms in total. The number of methoxy groups -OCH3 is 1. The topological polar surface area (TPSA) is 58.6 Å². The van der Waals surface area contributed by atoms with Gasteiger partial charge in [0.15, 0.2) is 0 Å². The summed E-state index contributed by atoms with van der Waals surface area (Å²) in [5.41, 5.74) is 2.51. The quantitative estimate of drug-likeness (QED) is 0.642. The third-order valence-electron chi connectivity index (χ3n) is 5.46. The Hall–Kier alpha value is -2.70. The number of nitrogens with zero attached hydrogens (tertiary/aromatic N) is 1. The van der Waals surface area contributed by atoms with E-state index in [9.17, 15) is 9.59 Å². The van der Waals surface area contributed by atoms with E-state index in [0.29, 0.717) is 10.6 Å². The van der Waals surface area contributed by atoms with Crippen molar-refractivity contribution in [1.82, 2.24) is 4.90 Å². The van der Waals surface area contributed by atoms with Gasteiger partial charge in [-0.2, -0.15) is 0 Å². The van der Waals surface area contributed by atoms with Crippen LogP contribution >= 0.6 is 11.3 Å². The molecule has 4 rings (SSSR count). The number of ether oxygens (including phenoxy) is 1. The molecule has 0 spiro atoms. The highest BCUT2D eigenvalue weighted by molar-refractivity contribution is 7.17. The highest BCUT2D eigenvalue weighted by Crippen LogP contribution is 2.37. The maximum absolute atomic E-state index is 12.9. The minimum atomic E-state index is -0.382. The van der Waals surface area contributed by atoms with Crippen molar-refractivity contribution < 1.29 is 14.3 Å². The molecule has 6 heteroatoms. The second-order valence-corrected chi connectivity index (χ2v) is 8.29. The van der Waals surface area contributed by atoms with Crippen LogP contribution in [0.2, 0.25) is 0 Å². The van der Waals surface area contributed by atoms with E-state index in [0.717, 1.165) is 52.8 Å². The number of carbonyl (C=O) groups is 2. The smallest absolute Gasteiger partial charge is 0.341 e. The number of esters is 1. The summed E-state index contributed by atoms with van der Waals surface area (Å²) in [5, 5.41) is 5.77. The van der Waals surface area contributed by atoms with Crippen LogP contribution in [-0.2, 0) is 28.9 Å². The third-order valence-corrected chi connectivity index (χ3v) is 6.59. The third kappa shape index (κ3) is 3.91. The summed E-state index contributed by atoms with van der Waals surface area (Å²) < 4.78 is 5.01. The molecule has 1 N–H and O–H groups in total. The Morgan fingerprint density at radius 2 is 1.97 bits per heavy atom. The van der Waals surface area contributed by atoms with Gasteiger partial charge in [-0.25, -0.2) is 4.79 Å². The fourth-order valence-electron chi connectivity index (χ4n) is 3.92. The van der Waals surface area contributed by atoms with Crippen LogP contribution in [0, 0.1) is 0 Å². The SMILES string of the molecule is CCN1CCc2c(sc(NC(=O)Cc3cccc4ccccc34)c2C(=O)OC)C1. The molecule has 1 amide bonds. The lowest BCUT2D eigenvalue weighted by atomic mass is 10.0. The molecule has 2 heterocycles. The number of fused-ring (bicyclic) bond motifs is 2. The molecular weight excluding hydrogens is 384 g/mol. The molecule has 0 saturated carbocycles. The molecule has 1 aromatic heterocycles. The van der Waals surface area contributed by atoms with Gasteiger partial charge < -0.3 is 10.1 Å². The molecule has 0 fully saturated rings. The number of rotatable bonds is 5. The number of benzene rings is 2. The Bertz CT molecular complexity index is 1070. The summed E-state index contributed by atoms with van der Waals surface area (Å²) in [7, 11) is 1.38. The van der Waals surface area contributed by atoms with Crippen LogP contribution in [-0.4, -0.2) is 37.0 Å². The molecular formula is C23H24N2O3S. The second kappa shape index (κ2) is 8.35. The molecule has 2 aromatic carbocycles. The number of hydrogen-bond donors (Lipinski definition) is 1. The van der Waals surface area contributed by atoms with Crippen molar-refractivity contribution in [3.8, 4) is 0 Å². The van der Waals surface area contributed by atoms with Gasteiger partial charge in [-0.1, -0.05) is 49.4 Å². The summed E-state index contributed by atoms with van der Waals surface area (Å²) in [6.07, 6.45) is 1.05. The maximum Gasteiger partial charge on any atom is 0.341 e. The van der Waals surface area contributed by atoms with Crippen molar-refractivity contribution >= 4 is 39.0 Å². The Morgan fingerprint density at radius 3 is 2.76 bits per heavy atom. The van der Waals surface area contributed by atoms with Gasteiger partial charge in [-0.3, -0.25) is 9.69 Å². The minimum Gasteiger partial charge on any atom is -0.465 e.